The number of ether oxygens (including phenoxy) is 1. The maximum Gasteiger partial charge on any atom is 0.338 e. The average Bonchev–Trinajstić information content (AvgIpc) is 3.33. The van der Waals surface area contributed by atoms with Crippen LogP contribution in [0.25, 0.3) is 22.4 Å². The molecule has 9 heteroatoms. The van der Waals surface area contributed by atoms with E-state index in [1.165, 1.54) is 0 Å². The molecule has 0 aliphatic carbocycles. The summed E-state index contributed by atoms with van der Waals surface area (Å²) in [5.74, 6) is 0.0933. The molecule has 8 nitrogen and oxygen atoms in total. The second kappa shape index (κ2) is 7.16. The fraction of sp³-hybridized carbons (Fsp3) is 0.167. The molecule has 136 valence electrons. The minimum atomic E-state index is -0.505. The van der Waals surface area contributed by atoms with E-state index in [0.29, 0.717) is 28.5 Å². The van der Waals surface area contributed by atoms with Gasteiger partial charge in [-0.2, -0.15) is 4.98 Å². The van der Waals surface area contributed by atoms with Crippen LogP contribution in [0.1, 0.15) is 23.2 Å². The Morgan fingerprint density at radius 2 is 2.04 bits per heavy atom. The minimum absolute atomic E-state index is 0.126. The molecule has 0 radical (unpaired) electrons. The molecule has 0 aliphatic rings. The van der Waals surface area contributed by atoms with Crippen molar-refractivity contribution in [3.05, 3.63) is 58.9 Å². The molecule has 0 saturated carbocycles. The van der Waals surface area contributed by atoms with Gasteiger partial charge in [0, 0.05) is 17.1 Å². The SMILES string of the molecule is CCn1nnc2cc(C(=O)OCc3nc(-c4ccc(Cl)cc4)no3)ccc21. The quantitative estimate of drug-likeness (QED) is 0.486. The van der Waals surface area contributed by atoms with Crippen molar-refractivity contribution in [2.45, 2.75) is 20.1 Å². The zero-order valence-corrected chi connectivity index (χ0v) is 15.1. The van der Waals surface area contributed by atoms with Crippen LogP contribution in [-0.2, 0) is 17.9 Å². The van der Waals surface area contributed by atoms with Gasteiger partial charge in [0.1, 0.15) is 5.52 Å². The van der Waals surface area contributed by atoms with Crippen LogP contribution in [0.5, 0.6) is 0 Å². The third-order valence-electron chi connectivity index (χ3n) is 3.95. The summed E-state index contributed by atoms with van der Waals surface area (Å²) < 4.78 is 12.1. The van der Waals surface area contributed by atoms with Crippen molar-refractivity contribution in [2.24, 2.45) is 0 Å². The number of halogens is 1. The first kappa shape index (κ1) is 17.2. The van der Waals surface area contributed by atoms with Gasteiger partial charge in [-0.25, -0.2) is 9.48 Å². The number of rotatable bonds is 5. The highest BCUT2D eigenvalue weighted by atomic mass is 35.5. The number of hydrogen-bond acceptors (Lipinski definition) is 7. The summed E-state index contributed by atoms with van der Waals surface area (Å²) in [4.78, 5) is 16.5. The smallest absolute Gasteiger partial charge is 0.338 e. The molecule has 2 aromatic carbocycles. The van der Waals surface area contributed by atoms with Gasteiger partial charge >= 0.3 is 5.97 Å². The molecular weight excluding hydrogens is 370 g/mol. The maximum atomic E-state index is 12.3. The Labute approximate surface area is 158 Å². The Hall–Kier alpha value is -3.26. The molecule has 0 saturated heterocycles. The van der Waals surface area contributed by atoms with E-state index in [4.69, 9.17) is 20.9 Å². The Morgan fingerprint density at radius 3 is 2.81 bits per heavy atom. The van der Waals surface area contributed by atoms with E-state index < -0.39 is 5.97 Å². The topological polar surface area (TPSA) is 95.9 Å². The number of aryl methyl sites for hydroxylation is 1. The number of hydrogen-bond donors (Lipinski definition) is 0. The third kappa shape index (κ3) is 3.52. The number of benzene rings is 2. The van der Waals surface area contributed by atoms with Crippen LogP contribution in [-0.4, -0.2) is 31.1 Å². The average molecular weight is 384 g/mol. The molecule has 0 N–H and O–H groups in total. The predicted octanol–water partition coefficient (Wildman–Crippen LogP) is 3.51. The normalized spacial score (nSPS) is 11.0. The van der Waals surface area contributed by atoms with Crippen molar-refractivity contribution in [1.29, 1.82) is 0 Å². The summed E-state index contributed by atoms with van der Waals surface area (Å²) in [6, 6.07) is 12.1. The first-order chi connectivity index (χ1) is 13.1. The van der Waals surface area contributed by atoms with Gasteiger partial charge < -0.3 is 9.26 Å². The van der Waals surface area contributed by atoms with Crippen molar-refractivity contribution in [3.63, 3.8) is 0 Å². The summed E-state index contributed by atoms with van der Waals surface area (Å²) >= 11 is 5.86. The van der Waals surface area contributed by atoms with Gasteiger partial charge in [-0.1, -0.05) is 22.0 Å². The predicted molar refractivity (Wildman–Crippen MR) is 97.1 cm³/mol. The lowest BCUT2D eigenvalue weighted by atomic mass is 10.2. The standard InChI is InChI=1S/C18H14ClN5O3/c1-2-24-15-8-5-12(9-14(15)21-23-24)18(25)26-10-16-20-17(22-27-16)11-3-6-13(19)7-4-11/h3-9H,2,10H2,1H3. The van der Waals surface area contributed by atoms with Crippen molar-refractivity contribution in [1.82, 2.24) is 25.1 Å². The molecule has 0 aliphatic heterocycles. The van der Waals surface area contributed by atoms with E-state index in [1.54, 1.807) is 47.1 Å². The molecule has 0 bridgehead atoms. The van der Waals surface area contributed by atoms with Gasteiger partial charge in [0.2, 0.25) is 5.82 Å². The van der Waals surface area contributed by atoms with Crippen molar-refractivity contribution < 1.29 is 14.1 Å². The van der Waals surface area contributed by atoms with E-state index in [-0.39, 0.29) is 12.5 Å². The van der Waals surface area contributed by atoms with Gasteiger partial charge in [0.25, 0.3) is 5.89 Å². The molecule has 0 fully saturated rings. The molecule has 27 heavy (non-hydrogen) atoms. The molecule has 4 aromatic rings. The zero-order valence-electron chi connectivity index (χ0n) is 14.3. The van der Waals surface area contributed by atoms with Crippen molar-refractivity contribution >= 4 is 28.6 Å². The Morgan fingerprint density at radius 1 is 1.22 bits per heavy atom. The third-order valence-corrected chi connectivity index (χ3v) is 4.20. The number of esters is 1. The lowest BCUT2D eigenvalue weighted by molar-refractivity contribution is 0.0430. The van der Waals surface area contributed by atoms with Crippen molar-refractivity contribution in [3.8, 4) is 11.4 Å². The summed E-state index contributed by atoms with van der Waals surface area (Å²) in [7, 11) is 0. The van der Waals surface area contributed by atoms with Crippen LogP contribution in [0.2, 0.25) is 5.02 Å². The lowest BCUT2D eigenvalue weighted by Crippen LogP contribution is -2.05. The van der Waals surface area contributed by atoms with Gasteiger partial charge in [-0.15, -0.1) is 5.10 Å². The highest BCUT2D eigenvalue weighted by Gasteiger charge is 2.14. The van der Waals surface area contributed by atoms with Crippen molar-refractivity contribution in [2.75, 3.05) is 0 Å². The second-order valence-corrected chi connectivity index (χ2v) is 6.14. The van der Waals surface area contributed by atoms with Gasteiger partial charge in [0.05, 0.1) is 11.1 Å². The van der Waals surface area contributed by atoms with E-state index in [9.17, 15) is 4.79 Å². The molecule has 0 spiro atoms. The van der Waals surface area contributed by atoms with Gasteiger partial charge in [0.15, 0.2) is 6.61 Å². The number of nitrogens with zero attached hydrogens (tertiary/aromatic N) is 5. The zero-order chi connectivity index (χ0) is 18.8. The molecular formula is C18H14ClN5O3. The minimum Gasteiger partial charge on any atom is -0.452 e. The molecule has 0 amide bonds. The van der Waals surface area contributed by atoms with E-state index >= 15 is 0 Å². The largest absolute Gasteiger partial charge is 0.452 e. The second-order valence-electron chi connectivity index (χ2n) is 5.70. The maximum absolute atomic E-state index is 12.3. The van der Waals surface area contributed by atoms with Gasteiger partial charge in [-0.05, 0) is 49.4 Å². The summed E-state index contributed by atoms with van der Waals surface area (Å²) in [6.07, 6.45) is 0. The van der Waals surface area contributed by atoms with E-state index in [2.05, 4.69) is 20.5 Å². The number of aromatic nitrogens is 5. The fourth-order valence-electron chi connectivity index (χ4n) is 2.57. The molecule has 0 unspecified atom stereocenters. The summed E-state index contributed by atoms with van der Waals surface area (Å²) in [5, 5.41) is 12.6. The van der Waals surface area contributed by atoms with Crippen LogP contribution in [0.15, 0.2) is 47.0 Å². The Bertz CT molecular complexity index is 1100. The van der Waals surface area contributed by atoms with Crippen LogP contribution in [0, 0.1) is 0 Å². The summed E-state index contributed by atoms with van der Waals surface area (Å²) in [6.45, 7) is 2.55. The van der Waals surface area contributed by atoms with Crippen LogP contribution < -0.4 is 0 Å². The lowest BCUT2D eigenvalue weighted by Gasteiger charge is -2.02. The van der Waals surface area contributed by atoms with Crippen LogP contribution in [0.3, 0.4) is 0 Å². The van der Waals surface area contributed by atoms with E-state index in [0.717, 1.165) is 11.1 Å². The van der Waals surface area contributed by atoms with Gasteiger partial charge in [-0.3, -0.25) is 0 Å². The highest BCUT2D eigenvalue weighted by molar-refractivity contribution is 6.30. The van der Waals surface area contributed by atoms with E-state index in [1.807, 2.05) is 6.92 Å². The highest BCUT2D eigenvalue weighted by Crippen LogP contribution is 2.19. The molecule has 4 rings (SSSR count). The Balaban J connectivity index is 1.44. The number of fused-ring (bicyclic) bond motifs is 1. The first-order valence-corrected chi connectivity index (χ1v) is 8.60. The number of carbonyl (C=O) groups is 1. The van der Waals surface area contributed by atoms with Crippen LogP contribution >= 0.6 is 11.6 Å². The molecule has 2 heterocycles. The summed E-state index contributed by atoms with van der Waals surface area (Å²) in [5.41, 5.74) is 2.63. The number of carbonyl (C=O) groups excluding carboxylic acids is 1. The molecule has 0 atom stereocenters. The van der Waals surface area contributed by atoms with Crippen LogP contribution in [0.4, 0.5) is 0 Å². The Kier molecular flexibility index (Phi) is 4.55. The molecule has 2 aromatic heterocycles. The fourth-order valence-corrected chi connectivity index (χ4v) is 2.70. The first-order valence-electron chi connectivity index (χ1n) is 8.23. The monoisotopic (exact) mass is 383 g/mol.